The lowest BCUT2D eigenvalue weighted by Gasteiger charge is -2.21. The summed E-state index contributed by atoms with van der Waals surface area (Å²) in [4.78, 5) is 25.7. The SMILES string of the molecule is CCN(CC(=O)NC(C)C)C(=O)Cc1ccc(C)c(OC)c1. The lowest BCUT2D eigenvalue weighted by atomic mass is 10.1. The van der Waals surface area contributed by atoms with Gasteiger partial charge in [-0.2, -0.15) is 0 Å². The maximum Gasteiger partial charge on any atom is 0.239 e. The third kappa shape index (κ3) is 5.39. The van der Waals surface area contributed by atoms with Gasteiger partial charge in [0, 0.05) is 12.6 Å². The van der Waals surface area contributed by atoms with E-state index in [-0.39, 0.29) is 30.8 Å². The van der Waals surface area contributed by atoms with Crippen molar-refractivity contribution in [1.82, 2.24) is 10.2 Å². The minimum Gasteiger partial charge on any atom is -0.496 e. The van der Waals surface area contributed by atoms with Gasteiger partial charge < -0.3 is 15.0 Å². The first-order chi connectivity index (χ1) is 10.4. The Morgan fingerprint density at radius 1 is 1.32 bits per heavy atom. The Morgan fingerprint density at radius 2 is 2.00 bits per heavy atom. The summed E-state index contributed by atoms with van der Waals surface area (Å²) < 4.78 is 5.27. The van der Waals surface area contributed by atoms with Crippen LogP contribution in [0.1, 0.15) is 31.9 Å². The number of hydrogen-bond donors (Lipinski definition) is 1. The topological polar surface area (TPSA) is 58.6 Å². The highest BCUT2D eigenvalue weighted by Gasteiger charge is 2.16. The Bertz CT molecular complexity index is 527. The number of carbonyl (C=O) groups is 2. The van der Waals surface area contributed by atoms with Gasteiger partial charge in [0.2, 0.25) is 11.8 Å². The van der Waals surface area contributed by atoms with Gasteiger partial charge in [0.25, 0.3) is 0 Å². The molecule has 22 heavy (non-hydrogen) atoms. The van der Waals surface area contributed by atoms with Crippen molar-refractivity contribution in [2.75, 3.05) is 20.2 Å². The predicted molar refractivity (Wildman–Crippen MR) is 87.0 cm³/mol. The molecular formula is C17H26N2O3. The zero-order valence-corrected chi connectivity index (χ0v) is 14.1. The number of benzene rings is 1. The summed E-state index contributed by atoms with van der Waals surface area (Å²) in [7, 11) is 1.61. The van der Waals surface area contributed by atoms with Crippen LogP contribution in [-0.4, -0.2) is 43.0 Å². The smallest absolute Gasteiger partial charge is 0.239 e. The lowest BCUT2D eigenvalue weighted by Crippen LogP contribution is -2.43. The maximum atomic E-state index is 12.4. The first-order valence-electron chi connectivity index (χ1n) is 7.58. The normalized spacial score (nSPS) is 10.5. The molecule has 0 saturated carbocycles. The van der Waals surface area contributed by atoms with Crippen LogP contribution in [0.2, 0.25) is 0 Å². The average Bonchev–Trinajstić information content (AvgIpc) is 2.45. The Hall–Kier alpha value is -2.04. The number of aryl methyl sites for hydroxylation is 1. The van der Waals surface area contributed by atoms with Gasteiger partial charge in [-0.1, -0.05) is 12.1 Å². The molecule has 1 N–H and O–H groups in total. The van der Waals surface area contributed by atoms with Crippen molar-refractivity contribution >= 4 is 11.8 Å². The number of likely N-dealkylation sites (N-methyl/N-ethyl adjacent to an activating group) is 1. The second-order valence-electron chi connectivity index (χ2n) is 5.61. The largest absolute Gasteiger partial charge is 0.496 e. The van der Waals surface area contributed by atoms with E-state index in [0.29, 0.717) is 6.54 Å². The monoisotopic (exact) mass is 306 g/mol. The molecule has 0 spiro atoms. The van der Waals surface area contributed by atoms with Crippen LogP contribution < -0.4 is 10.1 Å². The summed E-state index contributed by atoms with van der Waals surface area (Å²) in [6.45, 7) is 8.22. The van der Waals surface area contributed by atoms with Crippen molar-refractivity contribution in [3.05, 3.63) is 29.3 Å². The molecule has 1 aromatic carbocycles. The van der Waals surface area contributed by atoms with E-state index in [4.69, 9.17) is 4.74 Å². The van der Waals surface area contributed by atoms with Crippen LogP contribution in [0.4, 0.5) is 0 Å². The number of nitrogens with zero attached hydrogens (tertiary/aromatic N) is 1. The molecule has 0 saturated heterocycles. The molecule has 0 radical (unpaired) electrons. The van der Waals surface area contributed by atoms with Gasteiger partial charge in [-0.15, -0.1) is 0 Å². The van der Waals surface area contributed by atoms with E-state index in [9.17, 15) is 9.59 Å². The highest BCUT2D eigenvalue weighted by molar-refractivity contribution is 5.86. The molecule has 122 valence electrons. The molecule has 0 aromatic heterocycles. The van der Waals surface area contributed by atoms with Gasteiger partial charge >= 0.3 is 0 Å². The van der Waals surface area contributed by atoms with Crippen molar-refractivity contribution in [3.8, 4) is 5.75 Å². The van der Waals surface area contributed by atoms with Gasteiger partial charge in [-0.05, 0) is 44.9 Å². The molecule has 1 rings (SSSR count). The Morgan fingerprint density at radius 3 is 2.55 bits per heavy atom. The van der Waals surface area contributed by atoms with E-state index in [1.807, 2.05) is 45.9 Å². The first-order valence-corrected chi connectivity index (χ1v) is 7.58. The Balaban J connectivity index is 2.70. The Labute approximate surface area is 132 Å². The highest BCUT2D eigenvalue weighted by Crippen LogP contribution is 2.19. The molecular weight excluding hydrogens is 280 g/mol. The third-order valence-corrected chi connectivity index (χ3v) is 3.35. The molecule has 0 aliphatic carbocycles. The van der Waals surface area contributed by atoms with Gasteiger partial charge in [-0.25, -0.2) is 0 Å². The Kier molecular flexibility index (Phi) is 6.89. The molecule has 0 atom stereocenters. The van der Waals surface area contributed by atoms with E-state index in [1.165, 1.54) is 0 Å². The minimum atomic E-state index is -0.133. The zero-order valence-electron chi connectivity index (χ0n) is 14.1. The van der Waals surface area contributed by atoms with E-state index in [2.05, 4.69) is 5.32 Å². The van der Waals surface area contributed by atoms with Crippen molar-refractivity contribution in [1.29, 1.82) is 0 Å². The number of carbonyl (C=O) groups excluding carboxylic acids is 2. The number of hydrogen-bond acceptors (Lipinski definition) is 3. The van der Waals surface area contributed by atoms with Gasteiger partial charge in [0.05, 0.1) is 20.1 Å². The number of amides is 2. The van der Waals surface area contributed by atoms with Crippen LogP contribution in [-0.2, 0) is 16.0 Å². The fraction of sp³-hybridized carbons (Fsp3) is 0.529. The summed E-state index contributed by atoms with van der Waals surface area (Å²) in [5, 5.41) is 2.80. The molecule has 2 amide bonds. The standard InChI is InChI=1S/C17H26N2O3/c1-6-19(11-16(20)18-12(2)3)17(21)10-14-8-7-13(4)15(9-14)22-5/h7-9,12H,6,10-11H2,1-5H3,(H,18,20). The fourth-order valence-corrected chi connectivity index (χ4v) is 2.18. The van der Waals surface area contributed by atoms with E-state index >= 15 is 0 Å². The number of ether oxygens (including phenoxy) is 1. The van der Waals surface area contributed by atoms with E-state index in [0.717, 1.165) is 16.9 Å². The molecule has 0 aliphatic heterocycles. The number of methoxy groups -OCH3 is 1. The van der Waals surface area contributed by atoms with E-state index < -0.39 is 0 Å². The van der Waals surface area contributed by atoms with Crippen LogP contribution in [0.25, 0.3) is 0 Å². The van der Waals surface area contributed by atoms with Gasteiger partial charge in [-0.3, -0.25) is 9.59 Å². The van der Waals surface area contributed by atoms with Crippen LogP contribution in [0.15, 0.2) is 18.2 Å². The van der Waals surface area contributed by atoms with Gasteiger partial charge in [0.1, 0.15) is 5.75 Å². The summed E-state index contributed by atoms with van der Waals surface area (Å²) in [5.74, 6) is 0.574. The molecule has 0 aliphatic rings. The third-order valence-electron chi connectivity index (χ3n) is 3.35. The second-order valence-corrected chi connectivity index (χ2v) is 5.61. The molecule has 1 aromatic rings. The van der Waals surface area contributed by atoms with Crippen molar-refractivity contribution in [2.45, 2.75) is 40.2 Å². The highest BCUT2D eigenvalue weighted by atomic mass is 16.5. The molecule has 5 heteroatoms. The first kappa shape index (κ1) is 18.0. The predicted octanol–water partition coefficient (Wildman–Crippen LogP) is 1.92. The summed E-state index contributed by atoms with van der Waals surface area (Å²) >= 11 is 0. The average molecular weight is 306 g/mol. The minimum absolute atomic E-state index is 0.0627. The quantitative estimate of drug-likeness (QED) is 0.837. The maximum absolute atomic E-state index is 12.4. The summed E-state index contributed by atoms with van der Waals surface area (Å²) in [6.07, 6.45) is 0.263. The van der Waals surface area contributed by atoms with Gasteiger partial charge in [0.15, 0.2) is 0 Å². The van der Waals surface area contributed by atoms with Crippen LogP contribution in [0, 0.1) is 6.92 Å². The zero-order chi connectivity index (χ0) is 16.7. The number of rotatable bonds is 7. The van der Waals surface area contributed by atoms with Crippen LogP contribution >= 0.6 is 0 Å². The van der Waals surface area contributed by atoms with Crippen LogP contribution in [0.3, 0.4) is 0 Å². The van der Waals surface area contributed by atoms with Crippen molar-refractivity contribution < 1.29 is 14.3 Å². The summed E-state index contributed by atoms with van der Waals surface area (Å²) in [5.41, 5.74) is 1.91. The fourth-order valence-electron chi connectivity index (χ4n) is 2.18. The molecule has 0 unspecified atom stereocenters. The van der Waals surface area contributed by atoms with Crippen molar-refractivity contribution in [2.24, 2.45) is 0 Å². The lowest BCUT2D eigenvalue weighted by molar-refractivity contribution is -0.135. The molecule has 0 bridgehead atoms. The van der Waals surface area contributed by atoms with Crippen molar-refractivity contribution in [3.63, 3.8) is 0 Å². The molecule has 0 fully saturated rings. The van der Waals surface area contributed by atoms with E-state index in [1.54, 1.807) is 12.0 Å². The van der Waals surface area contributed by atoms with Crippen LogP contribution in [0.5, 0.6) is 5.75 Å². The second kappa shape index (κ2) is 8.41. The molecule has 5 nitrogen and oxygen atoms in total. The summed E-state index contributed by atoms with van der Waals surface area (Å²) in [6, 6.07) is 5.79. The molecule has 0 heterocycles. The number of nitrogens with one attached hydrogen (secondary N) is 1.